The summed E-state index contributed by atoms with van der Waals surface area (Å²) >= 11 is 0. The number of nitrogens with one attached hydrogen (secondary N) is 1. The zero-order chi connectivity index (χ0) is 19.8. The summed E-state index contributed by atoms with van der Waals surface area (Å²) in [4.78, 5) is 29.9. The molecule has 0 saturated heterocycles. The van der Waals surface area contributed by atoms with Crippen LogP contribution in [0.2, 0.25) is 0 Å². The third-order valence-corrected chi connectivity index (χ3v) is 4.76. The van der Waals surface area contributed by atoms with Gasteiger partial charge in [0.2, 0.25) is 0 Å². The van der Waals surface area contributed by atoms with Crippen molar-refractivity contribution in [3.05, 3.63) is 65.0 Å². The van der Waals surface area contributed by atoms with Crippen LogP contribution in [0.3, 0.4) is 0 Å². The number of carbonyl (C=O) groups excluding carboxylic acids is 2. The molecule has 1 atom stereocenters. The molecule has 28 heavy (non-hydrogen) atoms. The Balaban J connectivity index is 1.98. The van der Waals surface area contributed by atoms with Crippen LogP contribution in [0.4, 0.5) is 0 Å². The maximum Gasteiger partial charge on any atom is 0.336 e. The number of rotatable bonds is 3. The van der Waals surface area contributed by atoms with Gasteiger partial charge in [-0.1, -0.05) is 12.1 Å². The lowest BCUT2D eigenvalue weighted by atomic mass is 9.79. The highest BCUT2D eigenvalue weighted by molar-refractivity contribution is 6.04. The number of benzene rings is 1. The van der Waals surface area contributed by atoms with E-state index in [0.29, 0.717) is 39.1 Å². The van der Waals surface area contributed by atoms with E-state index >= 15 is 0 Å². The van der Waals surface area contributed by atoms with E-state index in [0.717, 1.165) is 0 Å². The summed E-state index contributed by atoms with van der Waals surface area (Å²) < 4.78 is 11.3. The van der Waals surface area contributed by atoms with E-state index < -0.39 is 11.9 Å². The molecule has 1 aliphatic rings. The largest absolute Gasteiger partial charge is 0.466 e. The second-order valence-electron chi connectivity index (χ2n) is 6.38. The molecule has 142 valence electrons. The van der Waals surface area contributed by atoms with Gasteiger partial charge >= 0.3 is 5.97 Å². The first-order valence-corrected chi connectivity index (χ1v) is 8.53. The van der Waals surface area contributed by atoms with Crippen LogP contribution in [-0.4, -0.2) is 38.9 Å². The summed E-state index contributed by atoms with van der Waals surface area (Å²) in [5.74, 6) is -1.55. The summed E-state index contributed by atoms with van der Waals surface area (Å²) in [6.45, 7) is 3.55. The highest BCUT2D eigenvalue weighted by Crippen LogP contribution is 2.41. The molecule has 9 nitrogen and oxygen atoms in total. The monoisotopic (exact) mass is 379 g/mol. The van der Waals surface area contributed by atoms with E-state index in [2.05, 4.69) is 20.6 Å². The number of nitrogens with zero attached hydrogens (tertiary/aromatic N) is 4. The van der Waals surface area contributed by atoms with Gasteiger partial charge in [0, 0.05) is 29.4 Å². The van der Waals surface area contributed by atoms with Gasteiger partial charge in [-0.15, -0.1) is 0 Å². The van der Waals surface area contributed by atoms with Crippen LogP contribution in [0.1, 0.15) is 30.1 Å². The third kappa shape index (κ3) is 2.68. The SMILES string of the molecule is COC(=O)C1=C(C)NC(C)=C(C(=O)n2ccnc2)C1c1cccc2nonc12. The zero-order valence-electron chi connectivity index (χ0n) is 15.5. The molecule has 0 saturated carbocycles. The fourth-order valence-electron chi connectivity index (χ4n) is 3.55. The first kappa shape index (κ1) is 17.7. The first-order chi connectivity index (χ1) is 13.5. The molecule has 0 radical (unpaired) electrons. The first-order valence-electron chi connectivity index (χ1n) is 8.53. The normalized spacial score (nSPS) is 17.0. The van der Waals surface area contributed by atoms with Crippen molar-refractivity contribution in [1.29, 1.82) is 0 Å². The van der Waals surface area contributed by atoms with E-state index in [4.69, 9.17) is 9.37 Å². The van der Waals surface area contributed by atoms with Gasteiger partial charge in [0.1, 0.15) is 17.4 Å². The molecule has 1 aromatic carbocycles. The lowest BCUT2D eigenvalue weighted by Gasteiger charge is -2.30. The Morgan fingerprint density at radius 3 is 2.68 bits per heavy atom. The van der Waals surface area contributed by atoms with Gasteiger partial charge in [-0.3, -0.25) is 9.36 Å². The Hall–Kier alpha value is -3.75. The molecule has 1 N–H and O–H groups in total. The summed E-state index contributed by atoms with van der Waals surface area (Å²) in [6, 6.07) is 5.33. The van der Waals surface area contributed by atoms with Crippen LogP contribution < -0.4 is 5.32 Å². The number of allylic oxidation sites excluding steroid dienone is 3. The molecule has 4 rings (SSSR count). The average molecular weight is 379 g/mol. The number of fused-ring (bicyclic) bond motifs is 1. The van der Waals surface area contributed by atoms with Crippen molar-refractivity contribution in [3.8, 4) is 0 Å². The Kier molecular flexibility index (Phi) is 4.26. The molecule has 0 amide bonds. The van der Waals surface area contributed by atoms with E-state index in [9.17, 15) is 9.59 Å². The number of carbonyl (C=O) groups is 2. The number of imidazole rings is 1. The van der Waals surface area contributed by atoms with E-state index in [-0.39, 0.29) is 5.91 Å². The maximum atomic E-state index is 13.3. The van der Waals surface area contributed by atoms with Crippen LogP contribution in [0.25, 0.3) is 11.0 Å². The molecule has 1 aliphatic heterocycles. The molecule has 1 unspecified atom stereocenters. The van der Waals surface area contributed by atoms with Gasteiger partial charge in [0.05, 0.1) is 18.6 Å². The van der Waals surface area contributed by atoms with Crippen LogP contribution in [0.15, 0.2) is 64.1 Å². The van der Waals surface area contributed by atoms with E-state index in [1.165, 1.54) is 24.2 Å². The molecule has 3 aromatic rings. The Morgan fingerprint density at radius 1 is 1.18 bits per heavy atom. The van der Waals surface area contributed by atoms with E-state index in [1.807, 2.05) is 0 Å². The number of esters is 1. The van der Waals surface area contributed by atoms with Crippen LogP contribution in [-0.2, 0) is 9.53 Å². The average Bonchev–Trinajstić information content (AvgIpc) is 3.37. The summed E-state index contributed by atoms with van der Waals surface area (Å²) in [5.41, 5.74) is 3.58. The van der Waals surface area contributed by atoms with Gasteiger partial charge < -0.3 is 10.1 Å². The molecule has 0 aliphatic carbocycles. The van der Waals surface area contributed by atoms with Crippen LogP contribution in [0.5, 0.6) is 0 Å². The van der Waals surface area contributed by atoms with E-state index in [1.54, 1.807) is 38.2 Å². The van der Waals surface area contributed by atoms with Crippen molar-refractivity contribution in [2.45, 2.75) is 19.8 Å². The van der Waals surface area contributed by atoms with Gasteiger partial charge in [0.15, 0.2) is 0 Å². The van der Waals surface area contributed by atoms with Gasteiger partial charge in [-0.25, -0.2) is 14.4 Å². The minimum absolute atomic E-state index is 0.310. The predicted molar refractivity (Wildman–Crippen MR) is 98.0 cm³/mol. The molecule has 9 heteroatoms. The minimum atomic E-state index is -0.709. The maximum absolute atomic E-state index is 13.3. The second-order valence-corrected chi connectivity index (χ2v) is 6.38. The smallest absolute Gasteiger partial charge is 0.336 e. The number of hydrogen-bond donors (Lipinski definition) is 1. The Labute approximate surface area is 159 Å². The fourth-order valence-corrected chi connectivity index (χ4v) is 3.55. The van der Waals surface area contributed by atoms with Crippen molar-refractivity contribution in [2.24, 2.45) is 0 Å². The lowest BCUT2D eigenvalue weighted by molar-refractivity contribution is -0.136. The number of methoxy groups -OCH3 is 1. The quantitative estimate of drug-likeness (QED) is 0.689. The van der Waals surface area contributed by atoms with Gasteiger partial charge in [-0.05, 0) is 35.8 Å². The predicted octanol–water partition coefficient (Wildman–Crippen LogP) is 2.17. The van der Waals surface area contributed by atoms with Crippen molar-refractivity contribution < 1.29 is 19.0 Å². The molecule has 0 spiro atoms. The second kappa shape index (κ2) is 6.76. The number of aromatic nitrogens is 4. The number of dihydropyridines is 1. The molecular formula is C19H17N5O4. The Morgan fingerprint density at radius 2 is 1.96 bits per heavy atom. The van der Waals surface area contributed by atoms with Crippen molar-refractivity contribution >= 4 is 22.9 Å². The molecule has 0 bridgehead atoms. The highest BCUT2D eigenvalue weighted by atomic mass is 16.6. The number of ether oxygens (including phenoxy) is 1. The summed E-state index contributed by atoms with van der Waals surface area (Å²) in [7, 11) is 1.31. The third-order valence-electron chi connectivity index (χ3n) is 4.76. The van der Waals surface area contributed by atoms with Crippen molar-refractivity contribution in [1.82, 2.24) is 25.2 Å². The van der Waals surface area contributed by atoms with Crippen LogP contribution in [0, 0.1) is 0 Å². The van der Waals surface area contributed by atoms with Crippen molar-refractivity contribution in [3.63, 3.8) is 0 Å². The van der Waals surface area contributed by atoms with Gasteiger partial charge in [0.25, 0.3) is 5.91 Å². The standard InChI is InChI=1S/C19H17N5O4/c1-10-14(18(25)24-8-7-20-9-24)16(15(11(2)21-10)19(26)27-3)12-5-4-6-13-17(12)23-28-22-13/h4-9,16,21H,1-3H3. The lowest BCUT2D eigenvalue weighted by Crippen LogP contribution is -2.33. The zero-order valence-corrected chi connectivity index (χ0v) is 15.5. The van der Waals surface area contributed by atoms with Crippen LogP contribution >= 0.6 is 0 Å². The highest BCUT2D eigenvalue weighted by Gasteiger charge is 2.38. The topological polar surface area (TPSA) is 112 Å². The summed E-state index contributed by atoms with van der Waals surface area (Å²) in [6.07, 6.45) is 4.49. The summed E-state index contributed by atoms with van der Waals surface area (Å²) in [5, 5.41) is 11.0. The number of hydrogen-bond acceptors (Lipinski definition) is 8. The molecule has 3 heterocycles. The van der Waals surface area contributed by atoms with Crippen molar-refractivity contribution in [2.75, 3.05) is 7.11 Å². The van der Waals surface area contributed by atoms with Gasteiger partial charge in [-0.2, -0.15) is 0 Å². The Bertz CT molecular complexity index is 1140. The molecular weight excluding hydrogens is 362 g/mol. The fraction of sp³-hybridized carbons (Fsp3) is 0.211. The minimum Gasteiger partial charge on any atom is -0.466 e. The molecule has 2 aromatic heterocycles. The molecule has 0 fully saturated rings.